The Bertz CT molecular complexity index is 809. The van der Waals surface area contributed by atoms with Crippen LogP contribution in [0.4, 0.5) is 8.78 Å². The number of carbonyl (C=O) groups is 2. The van der Waals surface area contributed by atoms with Gasteiger partial charge >= 0.3 is 5.97 Å². The largest absolute Gasteiger partial charge is 0.452 e. The number of esters is 1. The lowest BCUT2D eigenvalue weighted by molar-refractivity contribution is -0.125. The standard InChI is InChI=1S/C19H18ClF2NO3/c1-3-17(12-6-4-11(2)5-7-12)23-18(24)10-26-19(25)13-8-15(21)16(22)9-14(13)20/h4-9,17H,3,10H2,1-2H3,(H,23,24)/t17-/m0/s1. The highest BCUT2D eigenvalue weighted by atomic mass is 35.5. The van der Waals surface area contributed by atoms with Crippen molar-refractivity contribution in [3.8, 4) is 0 Å². The van der Waals surface area contributed by atoms with E-state index in [2.05, 4.69) is 5.32 Å². The van der Waals surface area contributed by atoms with Crippen molar-refractivity contribution in [2.45, 2.75) is 26.3 Å². The first-order valence-electron chi connectivity index (χ1n) is 7.99. The van der Waals surface area contributed by atoms with E-state index in [1.54, 1.807) is 0 Å². The molecule has 0 aliphatic rings. The smallest absolute Gasteiger partial charge is 0.340 e. The molecule has 0 saturated heterocycles. The summed E-state index contributed by atoms with van der Waals surface area (Å²) in [5, 5.41) is 2.47. The van der Waals surface area contributed by atoms with Crippen LogP contribution < -0.4 is 5.32 Å². The quantitative estimate of drug-likeness (QED) is 0.597. The minimum atomic E-state index is -1.23. The zero-order valence-corrected chi connectivity index (χ0v) is 15.1. The summed E-state index contributed by atoms with van der Waals surface area (Å²) in [6, 6.07) is 8.80. The van der Waals surface area contributed by atoms with E-state index in [1.165, 1.54) is 0 Å². The average Bonchev–Trinajstić information content (AvgIpc) is 2.61. The van der Waals surface area contributed by atoms with Gasteiger partial charge in [0.15, 0.2) is 18.2 Å². The number of hydrogen-bond donors (Lipinski definition) is 1. The van der Waals surface area contributed by atoms with Crippen molar-refractivity contribution < 1.29 is 23.1 Å². The van der Waals surface area contributed by atoms with Crippen LogP contribution in [0.5, 0.6) is 0 Å². The van der Waals surface area contributed by atoms with Crippen molar-refractivity contribution >= 4 is 23.5 Å². The fraction of sp³-hybridized carbons (Fsp3) is 0.263. The van der Waals surface area contributed by atoms with E-state index in [1.807, 2.05) is 38.1 Å². The molecule has 0 aliphatic carbocycles. The molecule has 0 saturated carbocycles. The van der Waals surface area contributed by atoms with Gasteiger partial charge in [0, 0.05) is 0 Å². The number of amides is 1. The maximum absolute atomic E-state index is 13.2. The monoisotopic (exact) mass is 381 g/mol. The third kappa shape index (κ3) is 5.02. The van der Waals surface area contributed by atoms with Gasteiger partial charge < -0.3 is 10.1 Å². The molecular weight excluding hydrogens is 364 g/mol. The van der Waals surface area contributed by atoms with Gasteiger partial charge in [-0.05, 0) is 31.0 Å². The van der Waals surface area contributed by atoms with Crippen molar-refractivity contribution in [3.63, 3.8) is 0 Å². The molecule has 0 bridgehead atoms. The fourth-order valence-corrected chi connectivity index (χ4v) is 2.57. The summed E-state index contributed by atoms with van der Waals surface area (Å²) in [7, 11) is 0. The average molecular weight is 382 g/mol. The number of rotatable bonds is 6. The second-order valence-corrected chi connectivity index (χ2v) is 6.17. The highest BCUT2D eigenvalue weighted by Gasteiger charge is 2.19. The first-order chi connectivity index (χ1) is 12.3. The number of carbonyl (C=O) groups excluding carboxylic acids is 2. The van der Waals surface area contributed by atoms with E-state index >= 15 is 0 Å². The molecule has 26 heavy (non-hydrogen) atoms. The first-order valence-corrected chi connectivity index (χ1v) is 8.37. The molecule has 138 valence electrons. The topological polar surface area (TPSA) is 55.4 Å². The predicted molar refractivity (Wildman–Crippen MR) is 94.0 cm³/mol. The number of aryl methyl sites for hydroxylation is 1. The summed E-state index contributed by atoms with van der Waals surface area (Å²) in [5.74, 6) is -3.92. The van der Waals surface area contributed by atoms with Crippen LogP contribution in [0.1, 0.15) is 40.9 Å². The van der Waals surface area contributed by atoms with Crippen molar-refractivity contribution in [2.24, 2.45) is 0 Å². The molecule has 2 rings (SSSR count). The summed E-state index contributed by atoms with van der Waals surface area (Å²) in [6.07, 6.45) is 0.651. The van der Waals surface area contributed by atoms with Crippen LogP contribution in [0.25, 0.3) is 0 Å². The van der Waals surface area contributed by atoms with E-state index in [0.717, 1.165) is 11.1 Å². The van der Waals surface area contributed by atoms with Crippen LogP contribution in [-0.2, 0) is 9.53 Å². The Labute approximate surface area is 155 Å². The van der Waals surface area contributed by atoms with Crippen LogP contribution in [0.2, 0.25) is 5.02 Å². The van der Waals surface area contributed by atoms with Gasteiger partial charge in [-0.3, -0.25) is 4.79 Å². The molecule has 0 unspecified atom stereocenters. The molecule has 0 heterocycles. The summed E-state index contributed by atoms with van der Waals surface area (Å²) < 4.78 is 31.1. The number of benzene rings is 2. The van der Waals surface area contributed by atoms with Crippen LogP contribution >= 0.6 is 11.6 Å². The maximum atomic E-state index is 13.2. The molecule has 0 aliphatic heterocycles. The predicted octanol–water partition coefficient (Wildman–Crippen LogP) is 4.35. The molecule has 2 aromatic rings. The van der Waals surface area contributed by atoms with E-state index in [0.29, 0.717) is 18.6 Å². The van der Waals surface area contributed by atoms with Crippen molar-refractivity contribution in [2.75, 3.05) is 6.61 Å². The van der Waals surface area contributed by atoms with E-state index in [-0.39, 0.29) is 16.6 Å². The minimum Gasteiger partial charge on any atom is -0.452 e. The molecule has 2 aromatic carbocycles. The van der Waals surface area contributed by atoms with Gasteiger partial charge in [0.2, 0.25) is 0 Å². The molecule has 0 spiro atoms. The molecule has 0 radical (unpaired) electrons. The SMILES string of the molecule is CC[C@H](NC(=O)COC(=O)c1cc(F)c(F)cc1Cl)c1ccc(C)cc1. The highest BCUT2D eigenvalue weighted by molar-refractivity contribution is 6.33. The molecule has 1 N–H and O–H groups in total. The number of halogens is 3. The lowest BCUT2D eigenvalue weighted by Crippen LogP contribution is -2.32. The zero-order valence-electron chi connectivity index (χ0n) is 14.3. The van der Waals surface area contributed by atoms with E-state index in [4.69, 9.17) is 16.3 Å². The van der Waals surface area contributed by atoms with Gasteiger partial charge in [0.05, 0.1) is 16.6 Å². The normalized spacial score (nSPS) is 11.7. The van der Waals surface area contributed by atoms with Gasteiger partial charge in [0.1, 0.15) is 0 Å². The Morgan fingerprint density at radius 2 is 1.77 bits per heavy atom. The molecular formula is C19H18ClF2NO3. The Balaban J connectivity index is 1.96. The molecule has 1 amide bonds. The Morgan fingerprint density at radius 1 is 1.15 bits per heavy atom. The summed E-state index contributed by atoms with van der Waals surface area (Å²) >= 11 is 5.70. The summed E-state index contributed by atoms with van der Waals surface area (Å²) in [4.78, 5) is 24.0. The Hall–Kier alpha value is -2.47. The third-order valence-electron chi connectivity index (χ3n) is 3.79. The lowest BCUT2D eigenvalue weighted by Gasteiger charge is -2.17. The van der Waals surface area contributed by atoms with Gasteiger partial charge in [-0.15, -0.1) is 0 Å². The van der Waals surface area contributed by atoms with Crippen molar-refractivity contribution in [1.29, 1.82) is 0 Å². The van der Waals surface area contributed by atoms with Crippen molar-refractivity contribution in [1.82, 2.24) is 5.32 Å². The Kier molecular flexibility index (Phi) is 6.69. The number of ether oxygens (including phenoxy) is 1. The van der Waals surface area contributed by atoms with Gasteiger partial charge in [-0.25, -0.2) is 13.6 Å². The minimum absolute atomic E-state index is 0.228. The second-order valence-electron chi connectivity index (χ2n) is 5.76. The zero-order chi connectivity index (χ0) is 19.3. The molecule has 0 fully saturated rings. The Morgan fingerprint density at radius 3 is 2.38 bits per heavy atom. The third-order valence-corrected chi connectivity index (χ3v) is 4.10. The fourth-order valence-electron chi connectivity index (χ4n) is 2.34. The van der Waals surface area contributed by atoms with E-state index < -0.39 is 30.1 Å². The second kappa shape index (κ2) is 8.76. The lowest BCUT2D eigenvalue weighted by atomic mass is 10.0. The molecule has 4 nitrogen and oxygen atoms in total. The molecule has 7 heteroatoms. The number of hydrogen-bond acceptors (Lipinski definition) is 3. The van der Waals surface area contributed by atoms with Crippen molar-refractivity contribution in [3.05, 3.63) is 69.7 Å². The van der Waals surface area contributed by atoms with Gasteiger partial charge in [-0.2, -0.15) is 0 Å². The van der Waals surface area contributed by atoms with E-state index in [9.17, 15) is 18.4 Å². The highest BCUT2D eigenvalue weighted by Crippen LogP contribution is 2.21. The maximum Gasteiger partial charge on any atom is 0.340 e. The van der Waals surface area contributed by atoms with Crippen LogP contribution in [0.15, 0.2) is 36.4 Å². The van der Waals surface area contributed by atoms with Crippen LogP contribution in [-0.4, -0.2) is 18.5 Å². The molecule has 1 atom stereocenters. The van der Waals surface area contributed by atoms with Crippen LogP contribution in [0.3, 0.4) is 0 Å². The molecule has 0 aromatic heterocycles. The van der Waals surface area contributed by atoms with Gasteiger partial charge in [0.25, 0.3) is 5.91 Å². The van der Waals surface area contributed by atoms with Crippen LogP contribution in [0, 0.1) is 18.6 Å². The number of nitrogens with one attached hydrogen (secondary N) is 1. The summed E-state index contributed by atoms with van der Waals surface area (Å²) in [6.45, 7) is 3.32. The summed E-state index contributed by atoms with van der Waals surface area (Å²) in [5.41, 5.74) is 1.69. The van der Waals surface area contributed by atoms with Gasteiger partial charge in [-0.1, -0.05) is 48.4 Å². The first kappa shape index (κ1) is 19.8.